The van der Waals surface area contributed by atoms with Gasteiger partial charge < -0.3 is 5.11 Å². The molecule has 7 nitrogen and oxygen atoms in total. The highest BCUT2D eigenvalue weighted by atomic mass is 32.2. The number of hydrogen-bond donors (Lipinski definition) is 2. The summed E-state index contributed by atoms with van der Waals surface area (Å²) in [5.41, 5.74) is -0.256. The summed E-state index contributed by atoms with van der Waals surface area (Å²) >= 11 is 0. The average Bonchev–Trinajstić information content (AvgIpc) is 2.53. The summed E-state index contributed by atoms with van der Waals surface area (Å²) in [4.78, 5) is 19.0. The van der Waals surface area contributed by atoms with E-state index >= 15 is 0 Å². The molecule has 2 N–H and O–H groups in total. The Kier molecular flexibility index (Phi) is 3.86. The number of hydrogen-bond acceptors (Lipinski definition) is 5. The van der Waals surface area contributed by atoms with Gasteiger partial charge in [-0.15, -0.1) is 0 Å². The third-order valence-electron chi connectivity index (χ3n) is 3.21. The highest BCUT2D eigenvalue weighted by molar-refractivity contribution is 7.93. The molecule has 0 unspecified atom stereocenters. The molecule has 0 aliphatic carbocycles. The van der Waals surface area contributed by atoms with E-state index in [1.54, 1.807) is 6.07 Å². The number of halogens is 1. The van der Waals surface area contributed by atoms with E-state index in [9.17, 15) is 17.6 Å². The maximum Gasteiger partial charge on any atom is 0.337 e. The Morgan fingerprint density at radius 2 is 1.88 bits per heavy atom. The SMILES string of the molecule is O=C(O)c1ccc(F)cc1NS(=O)(=O)c1cccc2nccnc12. The minimum Gasteiger partial charge on any atom is -0.478 e. The van der Waals surface area contributed by atoms with Gasteiger partial charge in [-0.3, -0.25) is 14.7 Å². The van der Waals surface area contributed by atoms with Crippen LogP contribution in [0.25, 0.3) is 11.0 Å². The normalized spacial score (nSPS) is 11.4. The number of carboxylic acid groups (broad SMARTS) is 1. The number of nitrogens with one attached hydrogen (secondary N) is 1. The van der Waals surface area contributed by atoms with Gasteiger partial charge in [-0.2, -0.15) is 0 Å². The van der Waals surface area contributed by atoms with E-state index < -0.39 is 21.8 Å². The van der Waals surface area contributed by atoms with Crippen LogP contribution in [0.3, 0.4) is 0 Å². The summed E-state index contributed by atoms with van der Waals surface area (Å²) < 4.78 is 40.7. The van der Waals surface area contributed by atoms with E-state index in [1.807, 2.05) is 0 Å². The molecule has 24 heavy (non-hydrogen) atoms. The molecule has 1 aromatic heterocycles. The number of fused-ring (bicyclic) bond motifs is 1. The van der Waals surface area contributed by atoms with Gasteiger partial charge in [0.1, 0.15) is 16.2 Å². The van der Waals surface area contributed by atoms with Crippen molar-refractivity contribution in [2.45, 2.75) is 4.90 Å². The summed E-state index contributed by atoms with van der Waals surface area (Å²) in [5, 5.41) is 9.12. The van der Waals surface area contributed by atoms with Crippen LogP contribution in [0.5, 0.6) is 0 Å². The maximum atomic E-state index is 13.4. The molecule has 0 radical (unpaired) electrons. The predicted molar refractivity (Wildman–Crippen MR) is 83.7 cm³/mol. The largest absolute Gasteiger partial charge is 0.478 e. The van der Waals surface area contributed by atoms with Crippen molar-refractivity contribution in [3.05, 3.63) is 60.2 Å². The lowest BCUT2D eigenvalue weighted by atomic mass is 10.2. The first-order valence-corrected chi connectivity index (χ1v) is 8.12. The number of carboxylic acids is 1. The van der Waals surface area contributed by atoms with Crippen molar-refractivity contribution in [1.82, 2.24) is 9.97 Å². The van der Waals surface area contributed by atoms with Crippen LogP contribution < -0.4 is 4.72 Å². The highest BCUT2D eigenvalue weighted by Gasteiger charge is 2.22. The van der Waals surface area contributed by atoms with Crippen molar-refractivity contribution in [3.63, 3.8) is 0 Å². The van der Waals surface area contributed by atoms with Crippen LogP contribution in [0.4, 0.5) is 10.1 Å². The number of para-hydroxylation sites is 1. The van der Waals surface area contributed by atoms with Crippen molar-refractivity contribution in [3.8, 4) is 0 Å². The Hall–Kier alpha value is -3.07. The summed E-state index contributed by atoms with van der Waals surface area (Å²) in [6, 6.07) is 7.10. The lowest BCUT2D eigenvalue weighted by molar-refractivity contribution is 0.0698. The van der Waals surface area contributed by atoms with Crippen LogP contribution >= 0.6 is 0 Å². The van der Waals surface area contributed by atoms with Crippen molar-refractivity contribution < 1.29 is 22.7 Å². The second kappa shape index (κ2) is 5.85. The molecule has 0 amide bonds. The summed E-state index contributed by atoms with van der Waals surface area (Å²) in [7, 11) is -4.20. The van der Waals surface area contributed by atoms with E-state index in [2.05, 4.69) is 14.7 Å². The first kappa shape index (κ1) is 15.8. The van der Waals surface area contributed by atoms with Crippen LogP contribution in [0.15, 0.2) is 53.7 Å². The molecule has 0 saturated heterocycles. The van der Waals surface area contributed by atoms with Gasteiger partial charge in [-0.05, 0) is 30.3 Å². The molecule has 0 fully saturated rings. The number of rotatable bonds is 4. The van der Waals surface area contributed by atoms with Crippen molar-refractivity contribution in [2.24, 2.45) is 0 Å². The fraction of sp³-hybridized carbons (Fsp3) is 0. The summed E-state index contributed by atoms with van der Waals surface area (Å²) in [6.45, 7) is 0. The number of sulfonamides is 1. The van der Waals surface area contributed by atoms with E-state index in [4.69, 9.17) is 5.11 Å². The third-order valence-corrected chi connectivity index (χ3v) is 4.60. The molecular formula is C15H10FN3O4S. The Balaban J connectivity index is 2.13. The molecule has 0 atom stereocenters. The minimum atomic E-state index is -4.20. The number of nitrogens with zero attached hydrogens (tertiary/aromatic N) is 2. The summed E-state index contributed by atoms with van der Waals surface area (Å²) in [6.07, 6.45) is 2.76. The highest BCUT2D eigenvalue weighted by Crippen LogP contribution is 2.24. The van der Waals surface area contributed by atoms with Crippen LogP contribution in [0, 0.1) is 5.82 Å². The molecule has 0 saturated carbocycles. The van der Waals surface area contributed by atoms with Gasteiger partial charge in [0.05, 0.1) is 16.8 Å². The van der Waals surface area contributed by atoms with Crippen molar-refractivity contribution in [2.75, 3.05) is 4.72 Å². The van der Waals surface area contributed by atoms with Gasteiger partial charge >= 0.3 is 5.97 Å². The lowest BCUT2D eigenvalue weighted by Gasteiger charge is -2.11. The standard InChI is InChI=1S/C15H10FN3O4S/c16-9-4-5-10(15(20)21)12(8-9)19-24(22,23)13-3-1-2-11-14(13)18-7-6-17-11/h1-8,19H,(H,20,21). The fourth-order valence-electron chi connectivity index (χ4n) is 2.17. The predicted octanol–water partition coefficient (Wildman–Crippen LogP) is 2.27. The summed E-state index contributed by atoms with van der Waals surface area (Å²) in [5.74, 6) is -2.15. The van der Waals surface area contributed by atoms with Gasteiger partial charge in [0, 0.05) is 12.4 Å². The average molecular weight is 347 g/mol. The molecule has 0 bridgehead atoms. The number of benzene rings is 2. The molecule has 0 spiro atoms. The zero-order chi connectivity index (χ0) is 17.3. The molecule has 2 aromatic carbocycles. The quantitative estimate of drug-likeness (QED) is 0.749. The Bertz CT molecular complexity index is 1050. The van der Waals surface area contributed by atoms with Crippen LogP contribution in [-0.2, 0) is 10.0 Å². The Morgan fingerprint density at radius 3 is 2.62 bits per heavy atom. The molecule has 3 rings (SSSR count). The lowest BCUT2D eigenvalue weighted by Crippen LogP contribution is -2.16. The smallest absolute Gasteiger partial charge is 0.337 e. The van der Waals surface area contributed by atoms with Crippen LogP contribution in [0.1, 0.15) is 10.4 Å². The molecule has 3 aromatic rings. The fourth-order valence-corrected chi connectivity index (χ4v) is 3.41. The molecule has 122 valence electrons. The molecule has 0 aliphatic rings. The topological polar surface area (TPSA) is 109 Å². The zero-order valence-electron chi connectivity index (χ0n) is 12.0. The Morgan fingerprint density at radius 1 is 1.12 bits per heavy atom. The molecule has 9 heteroatoms. The molecule has 0 aliphatic heterocycles. The number of aromatic carboxylic acids is 1. The van der Waals surface area contributed by atoms with Gasteiger partial charge in [-0.25, -0.2) is 17.6 Å². The number of carbonyl (C=O) groups is 1. The van der Waals surface area contributed by atoms with Gasteiger partial charge in [0.2, 0.25) is 0 Å². The minimum absolute atomic E-state index is 0.126. The first-order chi connectivity index (χ1) is 11.4. The third kappa shape index (κ3) is 2.88. The Labute approximate surface area is 135 Å². The molecular weight excluding hydrogens is 337 g/mol. The van der Waals surface area contributed by atoms with E-state index in [0.717, 1.165) is 18.2 Å². The van der Waals surface area contributed by atoms with Gasteiger partial charge in [-0.1, -0.05) is 6.07 Å². The van der Waals surface area contributed by atoms with Gasteiger partial charge in [0.15, 0.2) is 0 Å². The second-order valence-electron chi connectivity index (χ2n) is 4.78. The zero-order valence-corrected chi connectivity index (χ0v) is 12.8. The van der Waals surface area contributed by atoms with Crippen molar-refractivity contribution >= 4 is 32.7 Å². The number of anilines is 1. The van der Waals surface area contributed by atoms with Crippen LogP contribution in [0.2, 0.25) is 0 Å². The monoisotopic (exact) mass is 347 g/mol. The second-order valence-corrected chi connectivity index (χ2v) is 6.43. The first-order valence-electron chi connectivity index (χ1n) is 6.64. The van der Waals surface area contributed by atoms with Gasteiger partial charge in [0.25, 0.3) is 10.0 Å². The molecule has 1 heterocycles. The maximum absolute atomic E-state index is 13.4. The van der Waals surface area contributed by atoms with Crippen molar-refractivity contribution in [1.29, 1.82) is 0 Å². The van der Waals surface area contributed by atoms with E-state index in [-0.39, 0.29) is 21.7 Å². The van der Waals surface area contributed by atoms with E-state index in [0.29, 0.717) is 5.52 Å². The van der Waals surface area contributed by atoms with Crippen LogP contribution in [-0.4, -0.2) is 29.5 Å². The number of aromatic nitrogens is 2. The van der Waals surface area contributed by atoms with E-state index in [1.165, 1.54) is 24.5 Å².